The van der Waals surface area contributed by atoms with Crippen molar-refractivity contribution < 1.29 is 0 Å². The second-order valence-corrected chi connectivity index (χ2v) is 8.03. The maximum absolute atomic E-state index is 9.02. The van der Waals surface area contributed by atoms with Crippen LogP contribution in [0.15, 0.2) is 23.7 Å². The van der Waals surface area contributed by atoms with Crippen molar-refractivity contribution in [2.45, 2.75) is 32.7 Å². The van der Waals surface area contributed by atoms with Crippen LogP contribution in [-0.4, -0.2) is 41.0 Å². The first-order valence-corrected chi connectivity index (χ1v) is 9.12. The first-order chi connectivity index (χ1) is 11.5. The average Bonchev–Trinajstić information content (AvgIpc) is 3.04. The third kappa shape index (κ3) is 3.92. The highest BCUT2D eigenvalue weighted by Crippen LogP contribution is 2.26. The molecule has 24 heavy (non-hydrogen) atoms. The van der Waals surface area contributed by atoms with Gasteiger partial charge in [-0.2, -0.15) is 5.26 Å². The van der Waals surface area contributed by atoms with Gasteiger partial charge in [0.2, 0.25) is 0 Å². The summed E-state index contributed by atoms with van der Waals surface area (Å²) in [5.41, 5.74) is 1.96. The summed E-state index contributed by atoms with van der Waals surface area (Å²) in [7, 11) is 0. The van der Waals surface area contributed by atoms with Crippen LogP contribution in [0.3, 0.4) is 0 Å². The molecule has 0 aliphatic carbocycles. The maximum atomic E-state index is 9.02. The van der Waals surface area contributed by atoms with Crippen LogP contribution in [-0.2, 0) is 12.0 Å². The van der Waals surface area contributed by atoms with E-state index >= 15 is 0 Å². The summed E-state index contributed by atoms with van der Waals surface area (Å²) in [4.78, 5) is 13.9. The van der Waals surface area contributed by atoms with E-state index in [1.807, 2.05) is 6.07 Å². The van der Waals surface area contributed by atoms with Gasteiger partial charge in [0, 0.05) is 49.7 Å². The predicted molar refractivity (Wildman–Crippen MR) is 97.3 cm³/mol. The normalized spacial score (nSPS) is 16.2. The molecule has 2 aromatic heterocycles. The van der Waals surface area contributed by atoms with Crippen LogP contribution < -0.4 is 4.90 Å². The molecule has 1 aliphatic heterocycles. The first-order valence-electron chi connectivity index (χ1n) is 8.24. The summed E-state index contributed by atoms with van der Waals surface area (Å²) in [5, 5.41) is 12.4. The van der Waals surface area contributed by atoms with E-state index in [0.29, 0.717) is 5.56 Å². The molecule has 0 unspecified atom stereocenters. The zero-order valence-electron chi connectivity index (χ0n) is 14.5. The van der Waals surface area contributed by atoms with Gasteiger partial charge in [-0.25, -0.2) is 9.97 Å². The van der Waals surface area contributed by atoms with E-state index in [4.69, 9.17) is 10.2 Å². The summed E-state index contributed by atoms with van der Waals surface area (Å²) >= 11 is 1.76. The number of nitrogens with zero attached hydrogens (tertiary/aromatic N) is 5. The molecule has 1 saturated heterocycles. The Morgan fingerprint density at radius 2 is 2.00 bits per heavy atom. The number of piperazine rings is 1. The summed E-state index contributed by atoms with van der Waals surface area (Å²) in [6.07, 6.45) is 1.71. The molecule has 3 heterocycles. The minimum Gasteiger partial charge on any atom is -0.354 e. The number of thiazole rings is 1. The summed E-state index contributed by atoms with van der Waals surface area (Å²) in [6.45, 7) is 11.4. The minimum atomic E-state index is 0.124. The second-order valence-electron chi connectivity index (χ2n) is 7.17. The van der Waals surface area contributed by atoms with Crippen LogP contribution >= 0.6 is 11.3 Å². The summed E-state index contributed by atoms with van der Waals surface area (Å²) in [5.74, 6) is 0.900. The van der Waals surface area contributed by atoms with Crippen molar-refractivity contribution in [3.8, 4) is 6.07 Å². The Kier molecular flexibility index (Phi) is 4.83. The van der Waals surface area contributed by atoms with E-state index in [1.165, 1.54) is 10.7 Å². The molecule has 0 bridgehead atoms. The highest BCUT2D eigenvalue weighted by Gasteiger charge is 2.21. The van der Waals surface area contributed by atoms with Crippen molar-refractivity contribution in [1.82, 2.24) is 14.9 Å². The van der Waals surface area contributed by atoms with Gasteiger partial charge in [0.1, 0.15) is 5.82 Å². The number of aromatic nitrogens is 2. The van der Waals surface area contributed by atoms with E-state index in [9.17, 15) is 0 Å². The van der Waals surface area contributed by atoms with Gasteiger partial charge in [-0.15, -0.1) is 11.3 Å². The van der Waals surface area contributed by atoms with Gasteiger partial charge in [0.25, 0.3) is 0 Å². The molecule has 0 atom stereocenters. The van der Waals surface area contributed by atoms with Crippen molar-refractivity contribution in [3.63, 3.8) is 0 Å². The van der Waals surface area contributed by atoms with Gasteiger partial charge in [-0.1, -0.05) is 20.8 Å². The van der Waals surface area contributed by atoms with Crippen LogP contribution in [0.4, 0.5) is 5.82 Å². The molecule has 126 valence electrons. The van der Waals surface area contributed by atoms with Gasteiger partial charge in [0.15, 0.2) is 0 Å². The zero-order chi connectivity index (χ0) is 17.2. The largest absolute Gasteiger partial charge is 0.354 e. The highest BCUT2D eigenvalue weighted by atomic mass is 32.1. The van der Waals surface area contributed by atoms with Crippen LogP contribution in [0.25, 0.3) is 0 Å². The Labute approximate surface area is 147 Å². The zero-order valence-corrected chi connectivity index (χ0v) is 15.3. The minimum absolute atomic E-state index is 0.124. The molecule has 0 N–H and O–H groups in total. The smallest absolute Gasteiger partial charge is 0.129 e. The summed E-state index contributed by atoms with van der Waals surface area (Å²) in [6, 6.07) is 5.79. The molecule has 0 radical (unpaired) electrons. The Morgan fingerprint density at radius 1 is 1.25 bits per heavy atom. The fourth-order valence-corrected chi connectivity index (χ4v) is 3.65. The third-order valence-corrected chi connectivity index (χ3v) is 5.47. The van der Waals surface area contributed by atoms with E-state index in [-0.39, 0.29) is 5.41 Å². The fraction of sp³-hybridized carbons (Fsp3) is 0.500. The fourth-order valence-electron chi connectivity index (χ4n) is 2.75. The number of hydrogen-bond donors (Lipinski definition) is 0. The molecule has 0 saturated carbocycles. The maximum Gasteiger partial charge on any atom is 0.129 e. The Hall–Kier alpha value is -1.97. The predicted octanol–water partition coefficient (Wildman–Crippen LogP) is 3.03. The molecular weight excluding hydrogens is 318 g/mol. The average molecular weight is 341 g/mol. The molecule has 0 amide bonds. The molecule has 6 heteroatoms. The molecule has 5 nitrogen and oxygen atoms in total. The van der Waals surface area contributed by atoms with Gasteiger partial charge >= 0.3 is 0 Å². The van der Waals surface area contributed by atoms with E-state index in [0.717, 1.165) is 38.5 Å². The molecule has 3 rings (SSSR count). The molecule has 1 aliphatic rings. The van der Waals surface area contributed by atoms with Crippen molar-refractivity contribution in [1.29, 1.82) is 5.26 Å². The van der Waals surface area contributed by atoms with Gasteiger partial charge in [-0.3, -0.25) is 4.90 Å². The van der Waals surface area contributed by atoms with Crippen LogP contribution in [0, 0.1) is 11.3 Å². The Morgan fingerprint density at radius 3 is 2.62 bits per heavy atom. The van der Waals surface area contributed by atoms with Crippen LogP contribution in [0.5, 0.6) is 0 Å². The molecule has 2 aromatic rings. The quantitative estimate of drug-likeness (QED) is 0.859. The lowest BCUT2D eigenvalue weighted by Crippen LogP contribution is -2.46. The van der Waals surface area contributed by atoms with Gasteiger partial charge in [0.05, 0.1) is 22.3 Å². The lowest BCUT2D eigenvalue weighted by Gasteiger charge is -2.35. The van der Waals surface area contributed by atoms with Crippen molar-refractivity contribution >= 4 is 17.2 Å². The Bertz CT molecular complexity index is 732. The van der Waals surface area contributed by atoms with Crippen molar-refractivity contribution in [2.75, 3.05) is 31.1 Å². The topological polar surface area (TPSA) is 56.1 Å². The molecule has 0 spiro atoms. The van der Waals surface area contributed by atoms with Crippen LogP contribution in [0.1, 0.15) is 37.0 Å². The summed E-state index contributed by atoms with van der Waals surface area (Å²) < 4.78 is 0. The van der Waals surface area contributed by atoms with E-state index in [2.05, 4.69) is 47.0 Å². The number of anilines is 1. The number of nitriles is 1. The molecule has 1 fully saturated rings. The van der Waals surface area contributed by atoms with Crippen LogP contribution in [0.2, 0.25) is 0 Å². The van der Waals surface area contributed by atoms with E-state index in [1.54, 1.807) is 23.6 Å². The van der Waals surface area contributed by atoms with Gasteiger partial charge < -0.3 is 4.90 Å². The third-order valence-electron chi connectivity index (χ3n) is 4.15. The number of hydrogen-bond acceptors (Lipinski definition) is 6. The lowest BCUT2D eigenvalue weighted by atomic mass is 9.98. The first kappa shape index (κ1) is 16.9. The second kappa shape index (κ2) is 6.88. The molecule has 0 aromatic carbocycles. The monoisotopic (exact) mass is 341 g/mol. The Balaban J connectivity index is 1.57. The lowest BCUT2D eigenvalue weighted by molar-refractivity contribution is 0.246. The van der Waals surface area contributed by atoms with E-state index < -0.39 is 0 Å². The van der Waals surface area contributed by atoms with Crippen molar-refractivity contribution in [2.24, 2.45) is 0 Å². The highest BCUT2D eigenvalue weighted by molar-refractivity contribution is 7.09. The number of rotatable bonds is 3. The number of pyridine rings is 1. The molecular formula is C18H23N5S. The SMILES string of the molecule is CC(C)(C)c1nc(CN2CCN(c3cc(C#N)ccn3)CC2)cs1. The standard InChI is InChI=1S/C18H23N5S/c1-18(2,3)17-21-15(13-24-17)12-22-6-8-23(9-7-22)16-10-14(11-19)4-5-20-16/h4-5,10,13H,6-9,12H2,1-3H3. The van der Waals surface area contributed by atoms with Gasteiger partial charge in [-0.05, 0) is 12.1 Å². The van der Waals surface area contributed by atoms with Crippen molar-refractivity contribution in [3.05, 3.63) is 40.0 Å².